The lowest BCUT2D eigenvalue weighted by molar-refractivity contribution is -0.163. The molecular weight excluding hydrogens is 216 g/mol. The molecule has 2 N–H and O–H groups in total. The summed E-state index contributed by atoms with van der Waals surface area (Å²) in [6, 6.07) is 0. The van der Waals surface area contributed by atoms with Crippen LogP contribution >= 0.6 is 0 Å². The van der Waals surface area contributed by atoms with Gasteiger partial charge in [0.2, 0.25) is 0 Å². The third-order valence-corrected chi connectivity index (χ3v) is 1.86. The zero-order valence-electron chi connectivity index (χ0n) is 9.51. The van der Waals surface area contributed by atoms with Crippen LogP contribution in [0.5, 0.6) is 0 Å². The smallest absolute Gasteiger partial charge is 0.320 e. The molecular formula is C10H18O6. The largest absolute Gasteiger partial charge is 0.465 e. The van der Waals surface area contributed by atoms with Gasteiger partial charge in [0.1, 0.15) is 0 Å². The Morgan fingerprint density at radius 3 is 1.88 bits per heavy atom. The van der Waals surface area contributed by atoms with E-state index in [2.05, 4.69) is 9.47 Å². The number of esters is 2. The van der Waals surface area contributed by atoms with Crippen LogP contribution in [0.4, 0.5) is 0 Å². The lowest BCUT2D eigenvalue weighted by atomic mass is 10.0. The minimum Gasteiger partial charge on any atom is -0.465 e. The number of ether oxygens (including phenoxy) is 2. The molecule has 0 aliphatic rings. The van der Waals surface area contributed by atoms with E-state index in [-0.39, 0.29) is 19.6 Å². The second-order valence-corrected chi connectivity index (χ2v) is 3.13. The van der Waals surface area contributed by atoms with Crippen molar-refractivity contribution in [1.82, 2.24) is 0 Å². The maximum atomic E-state index is 11.4. The number of carbonyl (C=O) groups excluding carboxylic acids is 2. The first-order chi connectivity index (χ1) is 7.56. The molecule has 0 amide bonds. The molecule has 0 heterocycles. The number of aliphatic hydroxyl groups is 2. The summed E-state index contributed by atoms with van der Waals surface area (Å²) < 4.78 is 9.37. The van der Waals surface area contributed by atoms with Crippen molar-refractivity contribution in [2.45, 2.75) is 26.4 Å². The molecule has 94 valence electrons. The second-order valence-electron chi connectivity index (χ2n) is 3.13. The molecule has 0 spiro atoms. The Morgan fingerprint density at radius 2 is 1.56 bits per heavy atom. The van der Waals surface area contributed by atoms with E-state index in [9.17, 15) is 14.7 Å². The van der Waals surface area contributed by atoms with E-state index in [1.54, 1.807) is 13.8 Å². The van der Waals surface area contributed by atoms with E-state index in [1.165, 1.54) is 0 Å². The van der Waals surface area contributed by atoms with Crippen LogP contribution in [0.3, 0.4) is 0 Å². The van der Waals surface area contributed by atoms with Gasteiger partial charge in [-0.15, -0.1) is 0 Å². The highest BCUT2D eigenvalue weighted by Crippen LogP contribution is 2.11. The van der Waals surface area contributed by atoms with Crippen LogP contribution < -0.4 is 0 Å². The normalized spacial score (nSPS) is 12.3. The third kappa shape index (κ3) is 5.09. The van der Waals surface area contributed by atoms with Crippen LogP contribution in [0.15, 0.2) is 0 Å². The summed E-state index contributed by atoms with van der Waals surface area (Å²) in [4.78, 5) is 22.8. The summed E-state index contributed by atoms with van der Waals surface area (Å²) in [6.45, 7) is 2.99. The fourth-order valence-corrected chi connectivity index (χ4v) is 1.12. The SMILES string of the molecule is CCOC(=O)C(CC(O)CO)C(=O)OCC. The van der Waals surface area contributed by atoms with Crippen molar-refractivity contribution >= 4 is 11.9 Å². The Bertz CT molecular complexity index is 209. The van der Waals surface area contributed by atoms with Crippen molar-refractivity contribution in [3.8, 4) is 0 Å². The number of rotatable bonds is 7. The Labute approximate surface area is 94.2 Å². The van der Waals surface area contributed by atoms with Gasteiger partial charge >= 0.3 is 11.9 Å². The first kappa shape index (κ1) is 14.9. The molecule has 0 fully saturated rings. The van der Waals surface area contributed by atoms with Gasteiger partial charge in [0.05, 0.1) is 25.9 Å². The Kier molecular flexibility index (Phi) is 7.49. The molecule has 16 heavy (non-hydrogen) atoms. The standard InChI is InChI=1S/C10H18O6/c1-3-15-9(13)8(5-7(12)6-11)10(14)16-4-2/h7-8,11-12H,3-6H2,1-2H3. The molecule has 0 radical (unpaired) electrons. The predicted octanol–water partition coefficient (Wildman–Crippen LogP) is -0.528. The fourth-order valence-electron chi connectivity index (χ4n) is 1.12. The maximum absolute atomic E-state index is 11.4. The topological polar surface area (TPSA) is 93.1 Å². The lowest BCUT2D eigenvalue weighted by Crippen LogP contribution is -2.32. The van der Waals surface area contributed by atoms with Crippen molar-refractivity contribution < 1.29 is 29.3 Å². The van der Waals surface area contributed by atoms with E-state index in [0.717, 1.165) is 0 Å². The monoisotopic (exact) mass is 234 g/mol. The fraction of sp³-hybridized carbons (Fsp3) is 0.800. The van der Waals surface area contributed by atoms with E-state index < -0.39 is 30.6 Å². The summed E-state index contributed by atoms with van der Waals surface area (Å²) in [6.07, 6.45) is -1.34. The molecule has 1 unspecified atom stereocenters. The van der Waals surface area contributed by atoms with Gasteiger partial charge < -0.3 is 19.7 Å². The molecule has 0 saturated heterocycles. The van der Waals surface area contributed by atoms with Gasteiger partial charge in [0.15, 0.2) is 5.92 Å². The average molecular weight is 234 g/mol. The first-order valence-corrected chi connectivity index (χ1v) is 5.18. The van der Waals surface area contributed by atoms with Crippen LogP contribution in [0.1, 0.15) is 20.3 Å². The number of hydrogen-bond donors (Lipinski definition) is 2. The van der Waals surface area contributed by atoms with Crippen molar-refractivity contribution in [2.75, 3.05) is 19.8 Å². The summed E-state index contributed by atoms with van der Waals surface area (Å²) >= 11 is 0. The Balaban J connectivity index is 4.49. The quantitative estimate of drug-likeness (QED) is 0.454. The second kappa shape index (κ2) is 8.06. The zero-order chi connectivity index (χ0) is 12.6. The van der Waals surface area contributed by atoms with Crippen LogP contribution in [0.25, 0.3) is 0 Å². The van der Waals surface area contributed by atoms with E-state index >= 15 is 0 Å². The van der Waals surface area contributed by atoms with E-state index in [1.807, 2.05) is 0 Å². The summed E-state index contributed by atoms with van der Waals surface area (Å²) in [5.41, 5.74) is 0. The van der Waals surface area contributed by atoms with Crippen LogP contribution in [-0.4, -0.2) is 48.1 Å². The summed E-state index contributed by atoms with van der Waals surface area (Å²) in [7, 11) is 0. The molecule has 0 bridgehead atoms. The minimum absolute atomic E-state index is 0.143. The molecule has 0 aromatic rings. The predicted molar refractivity (Wildman–Crippen MR) is 54.5 cm³/mol. The van der Waals surface area contributed by atoms with Crippen molar-refractivity contribution in [3.05, 3.63) is 0 Å². The van der Waals surface area contributed by atoms with Gasteiger partial charge in [-0.1, -0.05) is 0 Å². The van der Waals surface area contributed by atoms with Gasteiger partial charge in [-0.2, -0.15) is 0 Å². The van der Waals surface area contributed by atoms with Gasteiger partial charge in [-0.25, -0.2) is 0 Å². The molecule has 0 rings (SSSR count). The van der Waals surface area contributed by atoms with Crippen molar-refractivity contribution in [3.63, 3.8) is 0 Å². The number of aliphatic hydroxyl groups excluding tert-OH is 2. The van der Waals surface area contributed by atoms with E-state index in [0.29, 0.717) is 0 Å². The maximum Gasteiger partial charge on any atom is 0.320 e. The van der Waals surface area contributed by atoms with Crippen molar-refractivity contribution in [2.24, 2.45) is 5.92 Å². The Morgan fingerprint density at radius 1 is 1.12 bits per heavy atom. The first-order valence-electron chi connectivity index (χ1n) is 5.18. The molecule has 0 aliphatic heterocycles. The lowest BCUT2D eigenvalue weighted by Gasteiger charge is -2.16. The van der Waals surface area contributed by atoms with Crippen LogP contribution in [0, 0.1) is 5.92 Å². The molecule has 6 heteroatoms. The van der Waals surface area contributed by atoms with Gasteiger partial charge in [-0.3, -0.25) is 9.59 Å². The third-order valence-electron chi connectivity index (χ3n) is 1.86. The molecule has 0 aliphatic carbocycles. The highest BCUT2D eigenvalue weighted by atomic mass is 16.6. The van der Waals surface area contributed by atoms with Gasteiger partial charge in [0.25, 0.3) is 0 Å². The minimum atomic E-state index is -1.18. The number of carbonyl (C=O) groups is 2. The summed E-state index contributed by atoms with van der Waals surface area (Å²) in [5.74, 6) is -2.66. The zero-order valence-corrected chi connectivity index (χ0v) is 9.51. The summed E-state index contributed by atoms with van der Waals surface area (Å²) in [5, 5.41) is 17.8. The van der Waals surface area contributed by atoms with Gasteiger partial charge in [0, 0.05) is 0 Å². The van der Waals surface area contributed by atoms with Crippen LogP contribution in [-0.2, 0) is 19.1 Å². The van der Waals surface area contributed by atoms with E-state index in [4.69, 9.17) is 5.11 Å². The average Bonchev–Trinajstić information content (AvgIpc) is 2.25. The molecule has 1 atom stereocenters. The van der Waals surface area contributed by atoms with Crippen LogP contribution in [0.2, 0.25) is 0 Å². The highest BCUT2D eigenvalue weighted by Gasteiger charge is 2.31. The molecule has 0 aromatic carbocycles. The Hall–Kier alpha value is -1.14. The molecule has 0 saturated carbocycles. The number of hydrogen-bond acceptors (Lipinski definition) is 6. The molecule has 0 aromatic heterocycles. The molecule has 6 nitrogen and oxygen atoms in total. The highest BCUT2D eigenvalue weighted by molar-refractivity contribution is 5.94. The van der Waals surface area contributed by atoms with Gasteiger partial charge in [-0.05, 0) is 20.3 Å². The van der Waals surface area contributed by atoms with Crippen molar-refractivity contribution in [1.29, 1.82) is 0 Å².